The predicted molar refractivity (Wildman–Crippen MR) is 166 cm³/mol. The van der Waals surface area contributed by atoms with Gasteiger partial charge in [0.15, 0.2) is 0 Å². The first kappa shape index (κ1) is 27.4. The number of carboxylic acids is 1. The number of aliphatic carboxylic acids is 1. The second-order valence-corrected chi connectivity index (χ2v) is 12.3. The van der Waals surface area contributed by atoms with E-state index in [0.29, 0.717) is 18.8 Å². The molecule has 8 heteroatoms. The number of benzene rings is 3. The predicted octanol–water partition coefficient (Wildman–Crippen LogP) is 6.15. The summed E-state index contributed by atoms with van der Waals surface area (Å²) in [5, 5.41) is 20.1. The van der Waals surface area contributed by atoms with Crippen LogP contribution in [0.3, 0.4) is 0 Å². The molecular formula is C35H37N5O3. The number of hydrogen-bond acceptors (Lipinski definition) is 4. The zero-order valence-corrected chi connectivity index (χ0v) is 24.8. The van der Waals surface area contributed by atoms with Gasteiger partial charge in [0.2, 0.25) is 0 Å². The van der Waals surface area contributed by atoms with Gasteiger partial charge in [-0.1, -0.05) is 48.4 Å². The van der Waals surface area contributed by atoms with E-state index in [1.54, 1.807) is 0 Å². The van der Waals surface area contributed by atoms with Crippen molar-refractivity contribution in [3.05, 3.63) is 93.7 Å². The van der Waals surface area contributed by atoms with Crippen molar-refractivity contribution in [1.29, 1.82) is 0 Å². The number of nitrogens with zero attached hydrogens (tertiary/aromatic N) is 5. The standard InChI is InChI=1S/C35H37N5O3/c1-22-28-11-13-31-34(22)36-37-40(31)15-6-4-3-5-7-23-8-12-30-26(17-23)19-32(38(30)2)35(43)39-16-14-24-9-10-25(18-27(24)21-39)29(28)20-33(41)42/h8-13,17-19,29H,3-7,14-16,20-21H2,1-2H3,(H,41,42)/t29-/m1/s1. The Kier molecular flexibility index (Phi) is 7.00. The second kappa shape index (κ2) is 11.0. The largest absolute Gasteiger partial charge is 0.481 e. The molecule has 0 radical (unpaired) electrons. The van der Waals surface area contributed by atoms with Crippen LogP contribution >= 0.6 is 0 Å². The number of amides is 1. The highest BCUT2D eigenvalue weighted by Crippen LogP contribution is 2.35. The molecule has 5 aromatic rings. The molecular weight excluding hydrogens is 538 g/mol. The number of aromatic nitrogens is 4. The van der Waals surface area contributed by atoms with E-state index in [2.05, 4.69) is 52.8 Å². The van der Waals surface area contributed by atoms with Gasteiger partial charge in [-0.15, -0.1) is 5.10 Å². The van der Waals surface area contributed by atoms with Crippen LogP contribution < -0.4 is 0 Å². The van der Waals surface area contributed by atoms with Crippen molar-refractivity contribution in [2.24, 2.45) is 7.05 Å². The van der Waals surface area contributed by atoms with Gasteiger partial charge < -0.3 is 14.6 Å². The van der Waals surface area contributed by atoms with Crippen LogP contribution in [-0.4, -0.2) is 48.0 Å². The molecule has 0 fully saturated rings. The minimum Gasteiger partial charge on any atom is -0.481 e. The Labute approximate surface area is 250 Å². The topological polar surface area (TPSA) is 93.3 Å². The van der Waals surface area contributed by atoms with Gasteiger partial charge in [0, 0.05) is 43.5 Å². The van der Waals surface area contributed by atoms with Crippen molar-refractivity contribution in [1.82, 2.24) is 24.5 Å². The molecule has 43 heavy (non-hydrogen) atoms. The number of fused-ring (bicyclic) bond motifs is 6. The lowest BCUT2D eigenvalue weighted by Crippen LogP contribution is -2.36. The molecule has 0 saturated heterocycles. The first-order valence-corrected chi connectivity index (χ1v) is 15.4. The van der Waals surface area contributed by atoms with Crippen molar-refractivity contribution in [2.75, 3.05) is 6.54 Å². The quantitative estimate of drug-likeness (QED) is 0.272. The summed E-state index contributed by atoms with van der Waals surface area (Å²) in [4.78, 5) is 27.9. The van der Waals surface area contributed by atoms with Crippen LogP contribution in [0.25, 0.3) is 21.9 Å². The van der Waals surface area contributed by atoms with Gasteiger partial charge in [-0.05, 0) is 90.3 Å². The molecule has 1 N–H and O–H groups in total. The van der Waals surface area contributed by atoms with E-state index in [-0.39, 0.29) is 18.2 Å². The summed E-state index contributed by atoms with van der Waals surface area (Å²) >= 11 is 0. The van der Waals surface area contributed by atoms with Gasteiger partial charge in [0.1, 0.15) is 11.2 Å². The van der Waals surface area contributed by atoms with E-state index in [1.165, 1.54) is 11.1 Å². The van der Waals surface area contributed by atoms with Crippen LogP contribution in [-0.2, 0) is 37.8 Å². The third kappa shape index (κ3) is 4.98. The maximum atomic E-state index is 13.9. The number of carbonyl (C=O) groups excluding carboxylic acids is 1. The lowest BCUT2D eigenvalue weighted by molar-refractivity contribution is -0.137. The molecule has 10 bridgehead atoms. The van der Waals surface area contributed by atoms with Crippen LogP contribution in [0.4, 0.5) is 0 Å². The molecule has 0 saturated carbocycles. The molecule has 0 aliphatic carbocycles. The minimum atomic E-state index is -0.848. The molecule has 3 aliphatic heterocycles. The Morgan fingerprint density at radius 1 is 0.930 bits per heavy atom. The average molecular weight is 576 g/mol. The van der Waals surface area contributed by atoms with Gasteiger partial charge in [-0.3, -0.25) is 9.59 Å². The average Bonchev–Trinajstić information content (AvgIpc) is 3.57. The Bertz CT molecular complexity index is 1880. The molecule has 1 atom stereocenters. The van der Waals surface area contributed by atoms with Crippen LogP contribution in [0.2, 0.25) is 0 Å². The highest BCUT2D eigenvalue weighted by atomic mass is 16.4. The lowest BCUT2D eigenvalue weighted by Gasteiger charge is -2.30. The third-order valence-corrected chi connectivity index (χ3v) is 9.58. The summed E-state index contributed by atoms with van der Waals surface area (Å²) < 4.78 is 4.00. The Morgan fingerprint density at radius 2 is 1.77 bits per heavy atom. The fourth-order valence-electron chi connectivity index (χ4n) is 7.14. The summed E-state index contributed by atoms with van der Waals surface area (Å²) in [5.41, 5.74) is 10.1. The number of carbonyl (C=O) groups is 2. The van der Waals surface area contributed by atoms with Crippen molar-refractivity contribution >= 4 is 33.8 Å². The number of hydrogen-bond donors (Lipinski definition) is 1. The van der Waals surface area contributed by atoms with E-state index in [9.17, 15) is 14.7 Å². The summed E-state index contributed by atoms with van der Waals surface area (Å²) in [6.45, 7) is 3.99. The zero-order valence-electron chi connectivity index (χ0n) is 24.8. The SMILES string of the molecule is Cc1c2ccc3c1nnn3CCCCCCc1ccc3c(c1)cc(n3C)C(=O)N1CCc3ccc(cc3C1)[C@H]2CC(=O)O. The van der Waals surface area contributed by atoms with Crippen molar-refractivity contribution in [2.45, 2.75) is 70.9 Å². The highest BCUT2D eigenvalue weighted by Gasteiger charge is 2.27. The van der Waals surface area contributed by atoms with Gasteiger partial charge in [-0.25, -0.2) is 4.68 Å². The van der Waals surface area contributed by atoms with Crippen molar-refractivity contribution < 1.29 is 14.7 Å². The highest BCUT2D eigenvalue weighted by molar-refractivity contribution is 5.99. The summed E-state index contributed by atoms with van der Waals surface area (Å²) in [7, 11) is 1.97. The smallest absolute Gasteiger partial charge is 0.304 e. The fourth-order valence-corrected chi connectivity index (χ4v) is 7.14. The molecule has 2 aromatic heterocycles. The number of carboxylic acid groups (broad SMARTS) is 1. The van der Waals surface area contributed by atoms with E-state index >= 15 is 0 Å². The molecule has 8 nitrogen and oxygen atoms in total. The monoisotopic (exact) mass is 575 g/mol. The van der Waals surface area contributed by atoms with E-state index in [1.807, 2.05) is 40.3 Å². The lowest BCUT2D eigenvalue weighted by atomic mass is 9.83. The molecule has 220 valence electrons. The van der Waals surface area contributed by atoms with Crippen LogP contribution in [0, 0.1) is 6.92 Å². The second-order valence-electron chi connectivity index (χ2n) is 12.3. The summed E-state index contributed by atoms with van der Waals surface area (Å²) in [5.74, 6) is -1.16. The van der Waals surface area contributed by atoms with Crippen LogP contribution in [0.15, 0.2) is 54.6 Å². The van der Waals surface area contributed by atoms with Crippen molar-refractivity contribution in [3.8, 4) is 0 Å². The van der Waals surface area contributed by atoms with E-state index in [0.717, 1.165) is 89.3 Å². The number of rotatable bonds is 2. The first-order chi connectivity index (χ1) is 20.9. The summed E-state index contributed by atoms with van der Waals surface area (Å²) in [6.07, 6.45) is 6.15. The molecule has 3 aromatic carbocycles. The molecule has 8 rings (SSSR count). The summed E-state index contributed by atoms with van der Waals surface area (Å²) in [6, 6.07) is 19.0. The number of aryl methyl sites for hydroxylation is 4. The molecule has 1 amide bonds. The fraction of sp³-hybridized carbons (Fsp3) is 0.371. The molecule has 0 unspecified atom stereocenters. The van der Waals surface area contributed by atoms with Crippen molar-refractivity contribution in [3.63, 3.8) is 0 Å². The zero-order chi connectivity index (χ0) is 29.7. The van der Waals surface area contributed by atoms with E-state index in [4.69, 9.17) is 0 Å². The Morgan fingerprint density at radius 3 is 2.63 bits per heavy atom. The van der Waals surface area contributed by atoms with Gasteiger partial charge in [-0.2, -0.15) is 0 Å². The maximum absolute atomic E-state index is 13.9. The van der Waals surface area contributed by atoms with Gasteiger partial charge in [0.05, 0.1) is 11.9 Å². The molecule has 5 heterocycles. The Balaban J connectivity index is 1.31. The Hall–Kier alpha value is -4.46. The van der Waals surface area contributed by atoms with Crippen LogP contribution in [0.1, 0.15) is 81.9 Å². The van der Waals surface area contributed by atoms with Crippen LogP contribution in [0.5, 0.6) is 0 Å². The third-order valence-electron chi connectivity index (χ3n) is 9.58. The molecule has 0 spiro atoms. The van der Waals surface area contributed by atoms with E-state index < -0.39 is 5.97 Å². The van der Waals surface area contributed by atoms with Gasteiger partial charge in [0.25, 0.3) is 5.91 Å². The minimum absolute atomic E-state index is 0.0279. The first-order valence-electron chi connectivity index (χ1n) is 15.4. The normalized spacial score (nSPS) is 17.7. The molecule has 3 aliphatic rings. The van der Waals surface area contributed by atoms with Gasteiger partial charge >= 0.3 is 5.97 Å². The maximum Gasteiger partial charge on any atom is 0.304 e.